The molecule has 1 aromatic carbocycles. The molecule has 1 heterocycles. The summed E-state index contributed by atoms with van der Waals surface area (Å²) in [5, 5.41) is 3.57. The molecular weight excluding hydrogens is 276 g/mol. The molecule has 17 heavy (non-hydrogen) atoms. The molecule has 94 valence electrons. The third-order valence-electron chi connectivity index (χ3n) is 3.28. The Balaban J connectivity index is 2.24. The van der Waals surface area contributed by atoms with Gasteiger partial charge in [0.25, 0.3) is 0 Å². The number of hydrogen-bond donors (Lipinski definition) is 1. The van der Waals surface area contributed by atoms with Gasteiger partial charge in [-0.25, -0.2) is 0 Å². The van der Waals surface area contributed by atoms with Crippen LogP contribution in [-0.2, 0) is 0 Å². The molecule has 3 heteroatoms. The molecule has 2 rings (SSSR count). The minimum absolute atomic E-state index is 0.549. The molecule has 0 radical (unpaired) electrons. The molecule has 0 saturated carbocycles. The molecule has 1 aromatic rings. The van der Waals surface area contributed by atoms with Crippen molar-refractivity contribution in [3.8, 4) is 0 Å². The Labute approximate surface area is 113 Å². The van der Waals surface area contributed by atoms with Gasteiger partial charge < -0.3 is 10.2 Å². The van der Waals surface area contributed by atoms with E-state index in [-0.39, 0.29) is 0 Å². The van der Waals surface area contributed by atoms with E-state index in [1.807, 2.05) is 0 Å². The van der Waals surface area contributed by atoms with Gasteiger partial charge in [-0.3, -0.25) is 0 Å². The van der Waals surface area contributed by atoms with Gasteiger partial charge in [-0.15, -0.1) is 0 Å². The average Bonchev–Trinajstić information content (AvgIpc) is 2.40. The van der Waals surface area contributed by atoms with Gasteiger partial charge in [0, 0.05) is 23.6 Å². The van der Waals surface area contributed by atoms with Crippen LogP contribution < -0.4 is 10.2 Å². The van der Waals surface area contributed by atoms with Crippen LogP contribution in [0, 0.1) is 12.8 Å². The van der Waals surface area contributed by atoms with Crippen LogP contribution in [0.5, 0.6) is 0 Å². The van der Waals surface area contributed by atoms with Crippen LogP contribution in [0.1, 0.15) is 19.4 Å². The quantitative estimate of drug-likeness (QED) is 0.856. The average molecular weight is 297 g/mol. The maximum absolute atomic E-state index is 3.69. The monoisotopic (exact) mass is 296 g/mol. The van der Waals surface area contributed by atoms with Crippen LogP contribution >= 0.6 is 15.9 Å². The van der Waals surface area contributed by atoms with E-state index in [2.05, 4.69) is 65.1 Å². The number of nitrogens with zero attached hydrogens (tertiary/aromatic N) is 1. The van der Waals surface area contributed by atoms with Gasteiger partial charge in [0.15, 0.2) is 0 Å². The van der Waals surface area contributed by atoms with Crippen molar-refractivity contribution in [2.45, 2.75) is 26.8 Å². The lowest BCUT2D eigenvalue weighted by molar-refractivity contribution is 0.525. The van der Waals surface area contributed by atoms with Crippen LogP contribution in [0.2, 0.25) is 0 Å². The summed E-state index contributed by atoms with van der Waals surface area (Å²) in [6.45, 7) is 10.0. The summed E-state index contributed by atoms with van der Waals surface area (Å²) in [4.78, 5) is 2.48. The van der Waals surface area contributed by atoms with Gasteiger partial charge in [0.1, 0.15) is 0 Å². The van der Waals surface area contributed by atoms with Crippen molar-refractivity contribution >= 4 is 21.6 Å². The lowest BCUT2D eigenvalue weighted by atomic mass is 10.1. The normalized spacial score (nSPS) is 25.8. The summed E-state index contributed by atoms with van der Waals surface area (Å²) >= 11 is 3.69. The maximum atomic E-state index is 3.69. The lowest BCUT2D eigenvalue weighted by Crippen LogP contribution is -2.35. The predicted octanol–water partition coefficient (Wildman–Crippen LogP) is 3.19. The molecule has 1 saturated heterocycles. The Hall–Kier alpha value is -0.540. The maximum Gasteiger partial charge on any atom is 0.0511 e. The highest BCUT2D eigenvalue weighted by atomic mass is 79.9. The van der Waals surface area contributed by atoms with E-state index in [0.717, 1.165) is 19.6 Å². The first-order chi connectivity index (χ1) is 8.06. The van der Waals surface area contributed by atoms with E-state index in [1.165, 1.54) is 15.7 Å². The van der Waals surface area contributed by atoms with E-state index in [1.54, 1.807) is 0 Å². The number of nitrogens with one attached hydrogen (secondary N) is 1. The summed E-state index contributed by atoms with van der Waals surface area (Å²) in [6.07, 6.45) is 0. The smallest absolute Gasteiger partial charge is 0.0511 e. The van der Waals surface area contributed by atoms with E-state index in [0.29, 0.717) is 12.0 Å². The van der Waals surface area contributed by atoms with Gasteiger partial charge >= 0.3 is 0 Å². The predicted molar refractivity (Wildman–Crippen MR) is 77.7 cm³/mol. The van der Waals surface area contributed by atoms with Crippen molar-refractivity contribution in [2.75, 3.05) is 24.5 Å². The number of aryl methyl sites for hydroxylation is 1. The summed E-state index contributed by atoms with van der Waals surface area (Å²) in [5.74, 6) is 0.688. The van der Waals surface area contributed by atoms with Gasteiger partial charge in [-0.05, 0) is 59.9 Å². The van der Waals surface area contributed by atoms with Crippen LogP contribution in [0.4, 0.5) is 5.69 Å². The Morgan fingerprint density at radius 1 is 1.29 bits per heavy atom. The van der Waals surface area contributed by atoms with Crippen molar-refractivity contribution in [3.05, 3.63) is 28.2 Å². The van der Waals surface area contributed by atoms with Crippen molar-refractivity contribution < 1.29 is 0 Å². The summed E-state index contributed by atoms with van der Waals surface area (Å²) in [5.41, 5.74) is 2.62. The number of hydrogen-bond acceptors (Lipinski definition) is 2. The van der Waals surface area contributed by atoms with Crippen molar-refractivity contribution in [1.29, 1.82) is 0 Å². The highest BCUT2D eigenvalue weighted by Gasteiger charge is 2.20. The summed E-state index contributed by atoms with van der Waals surface area (Å²) < 4.78 is 1.21. The number of benzene rings is 1. The standard InChI is InChI=1S/C14H21BrN2/c1-10-4-5-14(13(15)6-10)17-8-11(2)7-16-12(3)9-17/h4-6,11-12,16H,7-9H2,1-3H3. The van der Waals surface area contributed by atoms with Gasteiger partial charge in [0.2, 0.25) is 0 Å². The zero-order chi connectivity index (χ0) is 12.4. The Morgan fingerprint density at radius 2 is 2.06 bits per heavy atom. The molecule has 1 aliphatic heterocycles. The molecular formula is C14H21BrN2. The first-order valence-corrected chi connectivity index (χ1v) is 7.10. The molecule has 2 atom stereocenters. The van der Waals surface area contributed by atoms with E-state index < -0.39 is 0 Å². The van der Waals surface area contributed by atoms with Gasteiger partial charge in [-0.1, -0.05) is 13.0 Å². The number of anilines is 1. The van der Waals surface area contributed by atoms with Crippen LogP contribution in [0.15, 0.2) is 22.7 Å². The van der Waals surface area contributed by atoms with Gasteiger partial charge in [-0.2, -0.15) is 0 Å². The summed E-state index contributed by atoms with van der Waals surface area (Å²) in [6, 6.07) is 7.16. The molecule has 0 bridgehead atoms. The molecule has 2 nitrogen and oxygen atoms in total. The van der Waals surface area contributed by atoms with E-state index >= 15 is 0 Å². The Kier molecular flexibility index (Phi) is 4.10. The van der Waals surface area contributed by atoms with E-state index in [9.17, 15) is 0 Å². The third-order valence-corrected chi connectivity index (χ3v) is 3.92. The first kappa shape index (κ1) is 12.9. The second-order valence-corrected chi connectivity index (χ2v) is 6.13. The lowest BCUT2D eigenvalue weighted by Gasteiger charge is -2.27. The van der Waals surface area contributed by atoms with E-state index in [4.69, 9.17) is 0 Å². The minimum atomic E-state index is 0.549. The molecule has 1 aliphatic rings. The molecule has 0 aliphatic carbocycles. The molecule has 0 aromatic heterocycles. The Morgan fingerprint density at radius 3 is 2.76 bits per heavy atom. The third kappa shape index (κ3) is 3.23. The Bertz CT molecular complexity index is 380. The number of halogens is 1. The largest absolute Gasteiger partial charge is 0.369 e. The second-order valence-electron chi connectivity index (χ2n) is 5.27. The zero-order valence-electron chi connectivity index (χ0n) is 10.8. The molecule has 0 amide bonds. The molecule has 1 fully saturated rings. The summed E-state index contributed by atoms with van der Waals surface area (Å²) in [7, 11) is 0. The zero-order valence-corrected chi connectivity index (χ0v) is 12.4. The highest BCUT2D eigenvalue weighted by Crippen LogP contribution is 2.28. The van der Waals surface area contributed by atoms with Crippen molar-refractivity contribution in [3.63, 3.8) is 0 Å². The van der Waals surface area contributed by atoms with Crippen molar-refractivity contribution in [2.24, 2.45) is 5.92 Å². The number of rotatable bonds is 1. The first-order valence-electron chi connectivity index (χ1n) is 6.30. The minimum Gasteiger partial charge on any atom is -0.369 e. The van der Waals surface area contributed by atoms with Gasteiger partial charge in [0.05, 0.1) is 5.69 Å². The van der Waals surface area contributed by atoms with Crippen LogP contribution in [0.25, 0.3) is 0 Å². The highest BCUT2D eigenvalue weighted by molar-refractivity contribution is 9.10. The fourth-order valence-corrected chi connectivity index (χ4v) is 3.12. The molecule has 0 spiro atoms. The van der Waals surface area contributed by atoms with Crippen LogP contribution in [0.3, 0.4) is 0 Å². The topological polar surface area (TPSA) is 15.3 Å². The van der Waals surface area contributed by atoms with Crippen LogP contribution in [-0.4, -0.2) is 25.7 Å². The molecule has 2 unspecified atom stereocenters. The molecule has 1 N–H and O–H groups in total. The fraction of sp³-hybridized carbons (Fsp3) is 0.571. The van der Waals surface area contributed by atoms with Crippen molar-refractivity contribution in [1.82, 2.24) is 5.32 Å². The fourth-order valence-electron chi connectivity index (χ4n) is 2.38. The second kappa shape index (κ2) is 5.40. The SMILES string of the molecule is Cc1ccc(N2CC(C)CNC(C)C2)c(Br)c1.